The molecule has 3 aromatic rings. The first kappa shape index (κ1) is 31.8. The zero-order chi connectivity index (χ0) is 28.6. The summed E-state index contributed by atoms with van der Waals surface area (Å²) in [5.74, 6) is -0.789. The molecule has 2 atom stereocenters. The Morgan fingerprint density at radius 1 is 0.750 bits per heavy atom. The molecule has 7 heteroatoms. The van der Waals surface area contributed by atoms with Crippen molar-refractivity contribution in [3.8, 4) is 0 Å². The largest absolute Gasteiger partial charge is 0.464 e. The van der Waals surface area contributed by atoms with Crippen LogP contribution in [0.15, 0.2) is 77.7 Å². The third kappa shape index (κ3) is 10.0. The van der Waals surface area contributed by atoms with E-state index in [0.29, 0.717) is 17.4 Å². The molecule has 2 N–H and O–H groups in total. The number of carbonyl (C=O) groups is 1. The standard InChI is InChI=1S/C33H45NO5S/c1-2-3-4-5-6-7-8-9-10-11-12-18-26-39-33(36)31(32(35)28-21-14-13-15-22-28)34-40(37,38)30-25-19-23-27-20-16-17-24-29(27)30/h13-17,19-25,31-32,34-35H,2-12,18,26H2,1H3/t31-,32+/m0/s1. The normalized spacial score (nSPS) is 13.2. The van der Waals surface area contributed by atoms with Gasteiger partial charge in [0.25, 0.3) is 0 Å². The van der Waals surface area contributed by atoms with Crippen LogP contribution in [0.5, 0.6) is 0 Å². The van der Waals surface area contributed by atoms with E-state index in [1.807, 2.05) is 18.2 Å². The van der Waals surface area contributed by atoms with E-state index in [1.54, 1.807) is 48.5 Å². The summed E-state index contributed by atoms with van der Waals surface area (Å²) >= 11 is 0. The van der Waals surface area contributed by atoms with Crippen LogP contribution < -0.4 is 4.72 Å². The zero-order valence-corrected chi connectivity index (χ0v) is 24.6. The average Bonchev–Trinajstić information content (AvgIpc) is 2.98. The number of sulfonamides is 1. The van der Waals surface area contributed by atoms with Gasteiger partial charge in [0.1, 0.15) is 12.1 Å². The summed E-state index contributed by atoms with van der Waals surface area (Å²) in [7, 11) is -4.15. The first-order valence-corrected chi connectivity index (χ1v) is 16.3. The van der Waals surface area contributed by atoms with Gasteiger partial charge in [-0.3, -0.25) is 4.79 Å². The Kier molecular flexibility index (Phi) is 13.6. The lowest BCUT2D eigenvalue weighted by molar-refractivity contribution is -0.148. The van der Waals surface area contributed by atoms with Gasteiger partial charge in [0.15, 0.2) is 0 Å². The van der Waals surface area contributed by atoms with Crippen LogP contribution in [0.2, 0.25) is 0 Å². The highest BCUT2D eigenvalue weighted by molar-refractivity contribution is 7.89. The number of nitrogens with one attached hydrogen (secondary N) is 1. The van der Waals surface area contributed by atoms with Crippen LogP contribution in [-0.4, -0.2) is 32.1 Å². The fourth-order valence-corrected chi connectivity index (χ4v) is 6.37. The van der Waals surface area contributed by atoms with Crippen molar-refractivity contribution in [2.75, 3.05) is 6.61 Å². The number of rotatable bonds is 19. The highest BCUT2D eigenvalue weighted by Crippen LogP contribution is 2.25. The first-order chi connectivity index (χ1) is 19.4. The first-order valence-electron chi connectivity index (χ1n) is 14.8. The second-order valence-electron chi connectivity index (χ2n) is 10.5. The molecule has 6 nitrogen and oxygen atoms in total. The van der Waals surface area contributed by atoms with Crippen molar-refractivity contribution in [3.05, 3.63) is 78.4 Å². The van der Waals surface area contributed by atoms with Crippen molar-refractivity contribution >= 4 is 26.8 Å². The highest BCUT2D eigenvalue weighted by atomic mass is 32.2. The molecule has 0 saturated carbocycles. The van der Waals surface area contributed by atoms with Crippen LogP contribution in [0.3, 0.4) is 0 Å². The molecular formula is C33H45NO5S. The van der Waals surface area contributed by atoms with Crippen LogP contribution in [0.1, 0.15) is 95.6 Å². The van der Waals surface area contributed by atoms with Gasteiger partial charge in [-0.2, -0.15) is 4.72 Å². The van der Waals surface area contributed by atoms with E-state index in [4.69, 9.17) is 4.74 Å². The molecule has 0 fully saturated rings. The van der Waals surface area contributed by atoms with Crippen LogP contribution in [-0.2, 0) is 19.6 Å². The SMILES string of the molecule is CCCCCCCCCCCCCCOC(=O)[C@@H](NS(=O)(=O)c1cccc2ccccc12)[C@H](O)c1ccccc1. The molecule has 218 valence electrons. The summed E-state index contributed by atoms with van der Waals surface area (Å²) in [5, 5.41) is 12.4. The number of carbonyl (C=O) groups excluding carboxylic acids is 1. The molecule has 0 radical (unpaired) electrons. The lowest BCUT2D eigenvalue weighted by Gasteiger charge is -2.23. The van der Waals surface area contributed by atoms with E-state index in [-0.39, 0.29) is 11.5 Å². The quantitative estimate of drug-likeness (QED) is 0.116. The Balaban J connectivity index is 1.53. The molecule has 0 amide bonds. The summed E-state index contributed by atoms with van der Waals surface area (Å²) in [4.78, 5) is 13.2. The van der Waals surface area contributed by atoms with Gasteiger partial charge in [0, 0.05) is 5.39 Å². The predicted octanol–water partition coefficient (Wildman–Crippen LogP) is 7.46. The summed E-state index contributed by atoms with van der Waals surface area (Å²) in [6, 6.07) is 19.2. The van der Waals surface area contributed by atoms with E-state index in [9.17, 15) is 18.3 Å². The van der Waals surface area contributed by atoms with Gasteiger partial charge in [0.2, 0.25) is 10.0 Å². The van der Waals surface area contributed by atoms with Crippen molar-refractivity contribution in [1.29, 1.82) is 0 Å². The van der Waals surface area contributed by atoms with Crippen LogP contribution in [0, 0.1) is 0 Å². The van der Waals surface area contributed by atoms with E-state index < -0.39 is 28.1 Å². The van der Waals surface area contributed by atoms with Crippen molar-refractivity contribution in [3.63, 3.8) is 0 Å². The Labute approximate surface area is 240 Å². The summed E-state index contributed by atoms with van der Waals surface area (Å²) < 4.78 is 34.8. The molecule has 0 saturated heterocycles. The van der Waals surface area contributed by atoms with Crippen molar-refractivity contribution in [1.82, 2.24) is 4.72 Å². The maximum absolute atomic E-state index is 13.5. The van der Waals surface area contributed by atoms with Gasteiger partial charge >= 0.3 is 5.97 Å². The molecule has 40 heavy (non-hydrogen) atoms. The minimum Gasteiger partial charge on any atom is -0.464 e. The third-order valence-corrected chi connectivity index (χ3v) is 8.77. The molecule has 0 spiro atoms. The number of fused-ring (bicyclic) bond motifs is 1. The van der Waals surface area contributed by atoms with E-state index >= 15 is 0 Å². The fraction of sp³-hybridized carbons (Fsp3) is 0.485. The number of hydrogen-bond donors (Lipinski definition) is 2. The summed E-state index contributed by atoms with van der Waals surface area (Å²) in [6.07, 6.45) is 12.9. The molecule has 0 bridgehead atoms. The number of unbranched alkanes of at least 4 members (excludes halogenated alkanes) is 11. The van der Waals surface area contributed by atoms with Gasteiger partial charge in [-0.1, -0.05) is 144 Å². The minimum atomic E-state index is -4.15. The Hall–Kier alpha value is -2.74. The lowest BCUT2D eigenvalue weighted by Crippen LogP contribution is -2.46. The molecule has 0 aromatic heterocycles. The molecule has 0 heterocycles. The van der Waals surface area contributed by atoms with Crippen molar-refractivity contribution in [2.45, 2.75) is 101 Å². The van der Waals surface area contributed by atoms with Gasteiger partial charge in [-0.15, -0.1) is 0 Å². The predicted molar refractivity (Wildman–Crippen MR) is 161 cm³/mol. The average molecular weight is 568 g/mol. The lowest BCUT2D eigenvalue weighted by atomic mass is 10.0. The molecule has 0 aliphatic heterocycles. The fourth-order valence-electron chi connectivity index (χ4n) is 4.95. The topological polar surface area (TPSA) is 92.7 Å². The number of aliphatic hydroxyl groups excluding tert-OH is 1. The molecular weight excluding hydrogens is 522 g/mol. The Bertz CT molecular complexity index is 1260. The number of hydrogen-bond acceptors (Lipinski definition) is 5. The maximum Gasteiger partial charge on any atom is 0.327 e. The molecule has 3 rings (SSSR count). The monoisotopic (exact) mass is 567 g/mol. The van der Waals surface area contributed by atoms with Crippen LogP contribution in [0.25, 0.3) is 10.8 Å². The second kappa shape index (κ2) is 17.2. The molecule has 0 aliphatic rings. The summed E-state index contributed by atoms with van der Waals surface area (Å²) in [6.45, 7) is 2.42. The van der Waals surface area contributed by atoms with Gasteiger partial charge < -0.3 is 9.84 Å². The smallest absolute Gasteiger partial charge is 0.327 e. The zero-order valence-electron chi connectivity index (χ0n) is 23.8. The van der Waals surface area contributed by atoms with E-state index in [0.717, 1.165) is 18.2 Å². The number of esters is 1. The molecule has 0 unspecified atom stereocenters. The van der Waals surface area contributed by atoms with Crippen molar-refractivity contribution < 1.29 is 23.1 Å². The molecule has 3 aromatic carbocycles. The second-order valence-corrected chi connectivity index (χ2v) is 12.2. The highest BCUT2D eigenvalue weighted by Gasteiger charge is 2.34. The van der Waals surface area contributed by atoms with Crippen molar-refractivity contribution in [2.24, 2.45) is 0 Å². The number of ether oxygens (including phenoxy) is 1. The number of aliphatic hydroxyl groups is 1. The Morgan fingerprint density at radius 3 is 1.95 bits per heavy atom. The van der Waals surface area contributed by atoms with Crippen LogP contribution >= 0.6 is 0 Å². The van der Waals surface area contributed by atoms with E-state index in [2.05, 4.69) is 11.6 Å². The Morgan fingerprint density at radius 2 is 1.30 bits per heavy atom. The number of benzene rings is 3. The van der Waals surface area contributed by atoms with Gasteiger partial charge in [-0.05, 0) is 23.4 Å². The van der Waals surface area contributed by atoms with E-state index in [1.165, 1.54) is 63.9 Å². The maximum atomic E-state index is 13.5. The van der Waals surface area contributed by atoms with Gasteiger partial charge in [0.05, 0.1) is 11.5 Å². The van der Waals surface area contributed by atoms with Crippen LogP contribution in [0.4, 0.5) is 0 Å². The summed E-state index contributed by atoms with van der Waals surface area (Å²) in [5.41, 5.74) is 0.426. The molecule has 0 aliphatic carbocycles. The van der Waals surface area contributed by atoms with Gasteiger partial charge in [-0.25, -0.2) is 8.42 Å². The minimum absolute atomic E-state index is 0.0459. The third-order valence-electron chi connectivity index (χ3n) is 7.27.